The zero-order valence-corrected chi connectivity index (χ0v) is 13.4. The lowest BCUT2D eigenvalue weighted by Gasteiger charge is -2.29. The van der Waals surface area contributed by atoms with E-state index in [0.717, 1.165) is 12.6 Å². The molecule has 2 aromatic rings. The van der Waals surface area contributed by atoms with Gasteiger partial charge in [-0.3, -0.25) is 9.78 Å². The highest BCUT2D eigenvalue weighted by Crippen LogP contribution is 2.22. The van der Waals surface area contributed by atoms with Gasteiger partial charge in [-0.1, -0.05) is 0 Å². The van der Waals surface area contributed by atoms with Gasteiger partial charge in [0, 0.05) is 24.8 Å². The van der Waals surface area contributed by atoms with Crippen molar-refractivity contribution in [2.75, 3.05) is 23.8 Å². The van der Waals surface area contributed by atoms with Crippen LogP contribution < -0.4 is 22.1 Å². The number of primary amides is 1. The van der Waals surface area contributed by atoms with Crippen LogP contribution in [0.5, 0.6) is 0 Å². The quantitative estimate of drug-likeness (QED) is 0.635. The van der Waals surface area contributed by atoms with Crippen LogP contribution >= 0.6 is 0 Å². The fourth-order valence-corrected chi connectivity index (χ4v) is 2.58. The number of anilines is 3. The number of hydrogen-bond donors (Lipinski definition) is 4. The number of ether oxygens (including phenoxy) is 1. The second-order valence-electron chi connectivity index (χ2n) is 5.75. The molecule has 0 unspecified atom stereocenters. The molecule has 6 N–H and O–H groups in total. The van der Waals surface area contributed by atoms with Crippen molar-refractivity contribution in [3.63, 3.8) is 0 Å². The molecule has 0 aromatic carbocycles. The molecule has 3 rings (SSSR count). The molecule has 0 bridgehead atoms. The number of carbonyl (C=O) groups excluding carboxylic acids is 1. The Morgan fingerprint density at radius 1 is 1.36 bits per heavy atom. The van der Waals surface area contributed by atoms with E-state index in [-0.39, 0.29) is 23.5 Å². The van der Waals surface area contributed by atoms with Crippen molar-refractivity contribution >= 4 is 23.2 Å². The molecular formula is C16H19FN6O2. The maximum atomic E-state index is 13.3. The predicted octanol–water partition coefficient (Wildman–Crippen LogP) is 0.986. The molecule has 132 valence electrons. The third-order valence-corrected chi connectivity index (χ3v) is 3.86. The Bertz CT molecular complexity index is 772. The summed E-state index contributed by atoms with van der Waals surface area (Å²) in [5.41, 5.74) is 12.0. The Balaban J connectivity index is 1.85. The average molecular weight is 346 g/mol. The zero-order chi connectivity index (χ0) is 17.8. The summed E-state index contributed by atoms with van der Waals surface area (Å²) in [4.78, 5) is 19.8. The first kappa shape index (κ1) is 17.1. The molecule has 1 aliphatic rings. The Labute approximate surface area is 143 Å². The van der Waals surface area contributed by atoms with Gasteiger partial charge < -0.3 is 26.8 Å². The maximum absolute atomic E-state index is 13.3. The van der Waals surface area contributed by atoms with E-state index < -0.39 is 11.7 Å². The lowest BCUT2D eigenvalue weighted by molar-refractivity contribution is 0.0752. The van der Waals surface area contributed by atoms with Crippen molar-refractivity contribution in [2.45, 2.75) is 18.5 Å². The topological polar surface area (TPSA) is 128 Å². The van der Waals surface area contributed by atoms with Crippen molar-refractivity contribution in [1.82, 2.24) is 9.97 Å². The van der Waals surface area contributed by atoms with Gasteiger partial charge in [0.25, 0.3) is 5.91 Å². The molecule has 2 atom stereocenters. The second-order valence-corrected chi connectivity index (χ2v) is 5.75. The van der Waals surface area contributed by atoms with Crippen molar-refractivity contribution in [3.05, 3.63) is 42.0 Å². The number of hydrogen-bond acceptors (Lipinski definition) is 7. The highest BCUT2D eigenvalue weighted by atomic mass is 19.1. The van der Waals surface area contributed by atoms with E-state index in [1.807, 2.05) is 0 Å². The van der Waals surface area contributed by atoms with Crippen LogP contribution in [0.1, 0.15) is 16.8 Å². The number of halogens is 1. The SMILES string of the molecule is NC(=O)c1ccc(N[C@@H]2CCOC[C@@H]2N)nc1Nc1cncc(F)c1. The number of nitrogens with one attached hydrogen (secondary N) is 2. The van der Waals surface area contributed by atoms with E-state index in [9.17, 15) is 9.18 Å². The Morgan fingerprint density at radius 2 is 2.20 bits per heavy atom. The molecule has 0 spiro atoms. The monoisotopic (exact) mass is 346 g/mol. The van der Waals surface area contributed by atoms with Crippen molar-refractivity contribution in [1.29, 1.82) is 0 Å². The van der Waals surface area contributed by atoms with Gasteiger partial charge in [0.05, 0.1) is 30.3 Å². The van der Waals surface area contributed by atoms with Crippen molar-refractivity contribution in [3.8, 4) is 0 Å². The molecule has 2 aromatic heterocycles. The van der Waals surface area contributed by atoms with Crippen LogP contribution in [0.2, 0.25) is 0 Å². The zero-order valence-electron chi connectivity index (χ0n) is 13.4. The van der Waals surface area contributed by atoms with E-state index in [1.54, 1.807) is 12.1 Å². The summed E-state index contributed by atoms with van der Waals surface area (Å²) in [6, 6.07) is 4.29. The summed E-state index contributed by atoms with van der Waals surface area (Å²) in [6.45, 7) is 1.09. The van der Waals surface area contributed by atoms with Gasteiger partial charge in [0.15, 0.2) is 0 Å². The number of nitrogens with zero attached hydrogens (tertiary/aromatic N) is 2. The molecule has 3 heterocycles. The fraction of sp³-hybridized carbons (Fsp3) is 0.312. The molecule has 0 saturated carbocycles. The lowest BCUT2D eigenvalue weighted by atomic mass is 10.0. The standard InChI is InChI=1S/C16H19FN6O2/c17-9-5-10(7-20-6-9)21-16-11(15(19)24)1-2-14(23-16)22-13-3-4-25-8-12(13)18/h1-2,5-7,12-13H,3-4,8,18H2,(H2,19,24)(H2,21,22,23)/t12-,13+/m0/s1. The molecule has 8 nitrogen and oxygen atoms in total. The van der Waals surface area contributed by atoms with Gasteiger partial charge in [-0.05, 0) is 18.6 Å². The van der Waals surface area contributed by atoms with Crippen LogP contribution in [0, 0.1) is 5.82 Å². The van der Waals surface area contributed by atoms with Crippen LogP contribution in [-0.4, -0.2) is 41.2 Å². The third kappa shape index (κ3) is 4.20. The average Bonchev–Trinajstić information content (AvgIpc) is 2.57. The molecular weight excluding hydrogens is 327 g/mol. The summed E-state index contributed by atoms with van der Waals surface area (Å²) in [5.74, 6) is -0.411. The minimum atomic E-state index is -0.645. The van der Waals surface area contributed by atoms with Gasteiger partial charge >= 0.3 is 0 Å². The summed E-state index contributed by atoms with van der Waals surface area (Å²) in [7, 11) is 0. The molecule has 25 heavy (non-hydrogen) atoms. The smallest absolute Gasteiger partial charge is 0.252 e. The third-order valence-electron chi connectivity index (χ3n) is 3.86. The molecule has 0 radical (unpaired) electrons. The summed E-state index contributed by atoms with van der Waals surface area (Å²) >= 11 is 0. The number of nitrogens with two attached hydrogens (primary N) is 2. The predicted molar refractivity (Wildman–Crippen MR) is 91.1 cm³/mol. The van der Waals surface area contributed by atoms with Crippen LogP contribution in [-0.2, 0) is 4.74 Å². The lowest BCUT2D eigenvalue weighted by Crippen LogP contribution is -2.47. The highest BCUT2D eigenvalue weighted by molar-refractivity contribution is 5.98. The van der Waals surface area contributed by atoms with Gasteiger partial charge in [0.1, 0.15) is 17.5 Å². The first-order chi connectivity index (χ1) is 12.0. The van der Waals surface area contributed by atoms with E-state index in [1.165, 1.54) is 12.3 Å². The van der Waals surface area contributed by atoms with Gasteiger partial charge in [-0.25, -0.2) is 9.37 Å². The minimum absolute atomic E-state index is 0.00404. The molecule has 1 aliphatic heterocycles. The van der Waals surface area contributed by atoms with Crippen molar-refractivity contribution in [2.24, 2.45) is 11.5 Å². The first-order valence-corrected chi connectivity index (χ1v) is 7.81. The van der Waals surface area contributed by atoms with Crippen LogP contribution in [0.15, 0.2) is 30.6 Å². The Kier molecular flexibility index (Phi) is 5.05. The maximum Gasteiger partial charge on any atom is 0.252 e. The molecule has 9 heteroatoms. The normalized spacial score (nSPS) is 20.1. The van der Waals surface area contributed by atoms with Crippen LogP contribution in [0.25, 0.3) is 0 Å². The van der Waals surface area contributed by atoms with Gasteiger partial charge in [-0.2, -0.15) is 0 Å². The summed E-state index contributed by atoms with van der Waals surface area (Å²) in [6.07, 6.45) is 3.25. The Hall–Kier alpha value is -2.78. The van der Waals surface area contributed by atoms with Gasteiger partial charge in [0.2, 0.25) is 0 Å². The number of carbonyl (C=O) groups is 1. The Morgan fingerprint density at radius 3 is 2.92 bits per heavy atom. The summed E-state index contributed by atoms with van der Waals surface area (Å²) < 4.78 is 18.6. The number of rotatable bonds is 5. The summed E-state index contributed by atoms with van der Waals surface area (Å²) in [5, 5.41) is 6.11. The number of aromatic nitrogens is 2. The largest absolute Gasteiger partial charge is 0.380 e. The minimum Gasteiger partial charge on any atom is -0.380 e. The van der Waals surface area contributed by atoms with E-state index in [0.29, 0.717) is 24.7 Å². The number of amides is 1. The number of pyridine rings is 2. The molecule has 1 amide bonds. The fourth-order valence-electron chi connectivity index (χ4n) is 2.58. The van der Waals surface area contributed by atoms with Crippen molar-refractivity contribution < 1.29 is 13.9 Å². The highest BCUT2D eigenvalue weighted by Gasteiger charge is 2.23. The first-order valence-electron chi connectivity index (χ1n) is 7.81. The molecule has 0 aliphatic carbocycles. The molecule has 1 fully saturated rings. The van der Waals surface area contributed by atoms with Crippen LogP contribution in [0.4, 0.5) is 21.7 Å². The van der Waals surface area contributed by atoms with E-state index in [2.05, 4.69) is 20.6 Å². The van der Waals surface area contributed by atoms with E-state index in [4.69, 9.17) is 16.2 Å². The van der Waals surface area contributed by atoms with Gasteiger partial charge in [-0.15, -0.1) is 0 Å². The molecule has 1 saturated heterocycles. The second kappa shape index (κ2) is 7.41. The van der Waals surface area contributed by atoms with E-state index >= 15 is 0 Å². The van der Waals surface area contributed by atoms with Crippen LogP contribution in [0.3, 0.4) is 0 Å².